The van der Waals surface area contributed by atoms with Crippen molar-refractivity contribution >= 4 is 21.7 Å². The van der Waals surface area contributed by atoms with E-state index < -0.39 is 0 Å². The first-order chi connectivity index (χ1) is 13.4. The molecule has 2 aliphatic rings. The second-order valence-electron chi connectivity index (χ2n) is 8.03. The maximum atomic E-state index is 13.0. The predicted molar refractivity (Wildman–Crippen MR) is 110 cm³/mol. The molecule has 0 aliphatic carbocycles. The number of halogens is 1. The van der Waals surface area contributed by atoms with Gasteiger partial charge in [0.1, 0.15) is 11.8 Å². The molecule has 0 saturated carbocycles. The van der Waals surface area contributed by atoms with E-state index in [1.165, 1.54) is 5.56 Å². The lowest BCUT2D eigenvalue weighted by Gasteiger charge is -2.43. The van der Waals surface area contributed by atoms with Gasteiger partial charge in [-0.2, -0.15) is 0 Å². The minimum absolute atomic E-state index is 0.0242. The third kappa shape index (κ3) is 3.51. The number of benzene rings is 2. The Hall–Kier alpha value is -2.05. The number of carbonyl (C=O) groups excluding carboxylic acids is 1. The van der Waals surface area contributed by atoms with Crippen molar-refractivity contribution in [2.75, 3.05) is 34.5 Å². The zero-order valence-corrected chi connectivity index (χ0v) is 18.0. The molecule has 0 amide bonds. The Morgan fingerprint density at radius 1 is 1.25 bits per heavy atom. The average molecular weight is 447 g/mol. The second kappa shape index (κ2) is 7.41. The van der Waals surface area contributed by atoms with Crippen molar-refractivity contribution in [1.29, 1.82) is 0 Å². The topological polar surface area (TPSA) is 44.8 Å². The van der Waals surface area contributed by atoms with Gasteiger partial charge in [0.05, 0.1) is 39.7 Å². The van der Waals surface area contributed by atoms with Crippen molar-refractivity contribution in [3.63, 3.8) is 0 Å². The number of methoxy groups -OCH3 is 1. The van der Waals surface area contributed by atoms with E-state index in [1.807, 2.05) is 24.3 Å². The molecule has 1 atom stereocenters. The van der Waals surface area contributed by atoms with E-state index in [1.54, 1.807) is 7.11 Å². The summed E-state index contributed by atoms with van der Waals surface area (Å²) in [7, 11) is 6.03. The van der Waals surface area contributed by atoms with Crippen molar-refractivity contribution in [3.05, 3.63) is 51.5 Å². The highest BCUT2D eigenvalue weighted by atomic mass is 79.9. The lowest BCUT2D eigenvalue weighted by Crippen LogP contribution is -2.48. The Kier molecular flexibility index (Phi) is 5.10. The number of likely N-dealkylation sites (N-methyl/N-ethyl adjacent to an activating group) is 1. The van der Waals surface area contributed by atoms with Gasteiger partial charge in [-0.3, -0.25) is 4.79 Å². The van der Waals surface area contributed by atoms with E-state index in [2.05, 4.69) is 36.1 Å². The molecule has 2 aliphatic heterocycles. The number of ether oxygens (including phenoxy) is 3. The van der Waals surface area contributed by atoms with Crippen LogP contribution in [-0.4, -0.2) is 44.8 Å². The zero-order chi connectivity index (χ0) is 19.9. The first-order valence-corrected chi connectivity index (χ1v) is 10.3. The Morgan fingerprint density at radius 3 is 2.71 bits per heavy atom. The van der Waals surface area contributed by atoms with Crippen molar-refractivity contribution in [1.82, 2.24) is 0 Å². The van der Waals surface area contributed by atoms with Gasteiger partial charge in [0, 0.05) is 17.3 Å². The van der Waals surface area contributed by atoms with Crippen molar-refractivity contribution in [3.8, 4) is 17.2 Å². The third-order valence-electron chi connectivity index (χ3n) is 5.82. The van der Waals surface area contributed by atoms with Gasteiger partial charge < -0.3 is 18.7 Å². The third-order valence-corrected chi connectivity index (χ3v) is 6.35. The summed E-state index contributed by atoms with van der Waals surface area (Å²) in [6, 6.07) is 10.0. The lowest BCUT2D eigenvalue weighted by molar-refractivity contribution is -0.922. The van der Waals surface area contributed by atoms with Gasteiger partial charge in [-0.1, -0.05) is 28.1 Å². The molecule has 0 fully saturated rings. The molecule has 5 nitrogen and oxygen atoms in total. The van der Waals surface area contributed by atoms with E-state index in [9.17, 15) is 4.79 Å². The van der Waals surface area contributed by atoms with Crippen LogP contribution in [0.1, 0.15) is 29.2 Å². The molecule has 0 bridgehead atoms. The molecule has 2 heterocycles. The van der Waals surface area contributed by atoms with Crippen LogP contribution in [0.25, 0.3) is 0 Å². The minimum Gasteiger partial charge on any atom is -0.492 e. The van der Waals surface area contributed by atoms with Crippen LogP contribution in [0.15, 0.2) is 34.8 Å². The average Bonchev–Trinajstić information content (AvgIpc) is 3.12. The van der Waals surface area contributed by atoms with E-state index in [4.69, 9.17) is 14.2 Å². The number of nitrogens with zero attached hydrogens (tertiary/aromatic N) is 1. The van der Waals surface area contributed by atoms with Crippen molar-refractivity contribution < 1.29 is 23.5 Å². The van der Waals surface area contributed by atoms with Crippen LogP contribution in [0, 0.1) is 0 Å². The standard InChI is InChI=1S/C22H25BrNO4/c1-24(2)9-8-15-11-19-21(28-13-27-19)22(26-3)20(15)18(24)12-17(25)10-14-4-6-16(23)7-5-14/h4-7,11,18H,8-10,12-13H2,1-3H3/q+1. The molecule has 0 aromatic heterocycles. The summed E-state index contributed by atoms with van der Waals surface area (Å²) in [6.07, 6.45) is 1.82. The van der Waals surface area contributed by atoms with Gasteiger partial charge in [-0.25, -0.2) is 0 Å². The molecule has 2 aromatic carbocycles. The molecule has 148 valence electrons. The van der Waals surface area contributed by atoms with E-state index >= 15 is 0 Å². The van der Waals surface area contributed by atoms with Crippen molar-refractivity contribution in [2.24, 2.45) is 0 Å². The summed E-state index contributed by atoms with van der Waals surface area (Å²) >= 11 is 3.44. The number of rotatable bonds is 5. The van der Waals surface area contributed by atoms with Crippen LogP contribution in [0.5, 0.6) is 17.2 Å². The Bertz CT molecular complexity index is 908. The lowest BCUT2D eigenvalue weighted by atomic mass is 9.86. The van der Waals surface area contributed by atoms with E-state index in [-0.39, 0.29) is 18.6 Å². The normalized spacial score (nSPS) is 19.2. The van der Waals surface area contributed by atoms with Crippen LogP contribution in [0.3, 0.4) is 0 Å². The summed E-state index contributed by atoms with van der Waals surface area (Å²) in [5.74, 6) is 2.35. The van der Waals surface area contributed by atoms with E-state index in [0.717, 1.165) is 44.5 Å². The molecule has 1 unspecified atom stereocenters. The molecule has 2 aromatic rings. The quantitative estimate of drug-likeness (QED) is 0.649. The predicted octanol–water partition coefficient (Wildman–Crippen LogP) is 4.06. The molecule has 0 N–H and O–H groups in total. The molecule has 28 heavy (non-hydrogen) atoms. The number of Topliss-reactive ketones (excluding diaryl/α,β-unsaturated/α-hetero) is 1. The van der Waals surface area contributed by atoms with Crippen LogP contribution >= 0.6 is 15.9 Å². The van der Waals surface area contributed by atoms with Crippen molar-refractivity contribution in [2.45, 2.75) is 25.3 Å². The maximum absolute atomic E-state index is 13.0. The Balaban J connectivity index is 1.66. The number of ketones is 1. The molecular formula is C22H25BrNO4+. The highest BCUT2D eigenvalue weighted by molar-refractivity contribution is 9.10. The van der Waals surface area contributed by atoms with Crippen LogP contribution < -0.4 is 14.2 Å². The van der Waals surface area contributed by atoms with Gasteiger partial charge in [0.15, 0.2) is 11.5 Å². The molecule has 6 heteroatoms. The molecule has 0 spiro atoms. The first kappa shape index (κ1) is 19.3. The maximum Gasteiger partial charge on any atom is 0.231 e. The second-order valence-corrected chi connectivity index (χ2v) is 8.95. The largest absolute Gasteiger partial charge is 0.492 e. The molecule has 0 radical (unpaired) electrons. The van der Waals surface area contributed by atoms with Gasteiger partial charge in [0.2, 0.25) is 12.5 Å². The number of carbonyl (C=O) groups is 1. The summed E-state index contributed by atoms with van der Waals surface area (Å²) in [6.45, 7) is 1.17. The van der Waals surface area contributed by atoms with Crippen LogP contribution in [0.2, 0.25) is 0 Å². The first-order valence-electron chi connectivity index (χ1n) is 9.47. The monoisotopic (exact) mass is 446 g/mol. The summed E-state index contributed by atoms with van der Waals surface area (Å²) in [4.78, 5) is 13.0. The number of hydrogen-bond donors (Lipinski definition) is 0. The molecular weight excluding hydrogens is 422 g/mol. The van der Waals surface area contributed by atoms with Gasteiger partial charge in [-0.05, 0) is 29.3 Å². The highest BCUT2D eigenvalue weighted by Crippen LogP contribution is 2.51. The summed E-state index contributed by atoms with van der Waals surface area (Å²) in [5.41, 5.74) is 3.32. The summed E-state index contributed by atoms with van der Waals surface area (Å²) in [5, 5.41) is 0. The van der Waals surface area contributed by atoms with Gasteiger partial charge in [-0.15, -0.1) is 0 Å². The highest BCUT2D eigenvalue weighted by Gasteiger charge is 2.42. The minimum atomic E-state index is 0.0242. The Morgan fingerprint density at radius 2 is 2.00 bits per heavy atom. The van der Waals surface area contributed by atoms with Gasteiger partial charge >= 0.3 is 0 Å². The smallest absolute Gasteiger partial charge is 0.231 e. The van der Waals surface area contributed by atoms with Gasteiger partial charge in [0.25, 0.3) is 0 Å². The van der Waals surface area contributed by atoms with Crippen LogP contribution in [0.4, 0.5) is 0 Å². The SMILES string of the molecule is COc1c2c(cc3c1C(CC(=O)Cc1ccc(Br)cc1)[N+](C)(C)CC3)OCO2. The molecule has 4 rings (SSSR count). The number of quaternary nitrogens is 1. The Labute approximate surface area is 173 Å². The summed E-state index contributed by atoms with van der Waals surface area (Å²) < 4.78 is 18.8. The van der Waals surface area contributed by atoms with E-state index in [0.29, 0.717) is 18.6 Å². The zero-order valence-electron chi connectivity index (χ0n) is 16.5. The number of fused-ring (bicyclic) bond motifs is 2. The fourth-order valence-electron chi connectivity index (χ4n) is 4.23. The van der Waals surface area contributed by atoms with Crippen LogP contribution in [-0.2, 0) is 17.6 Å². The molecule has 0 saturated heterocycles. The fraction of sp³-hybridized carbons (Fsp3) is 0.409. The fourth-order valence-corrected chi connectivity index (χ4v) is 4.50. The number of hydrogen-bond acceptors (Lipinski definition) is 4.